The first kappa shape index (κ1) is 16.7. The van der Waals surface area contributed by atoms with Gasteiger partial charge in [0.05, 0.1) is 5.92 Å². The van der Waals surface area contributed by atoms with E-state index in [1.54, 1.807) is 0 Å². The quantitative estimate of drug-likeness (QED) is 0.830. The second kappa shape index (κ2) is 6.60. The van der Waals surface area contributed by atoms with Crippen LogP contribution in [0, 0.1) is 5.92 Å². The van der Waals surface area contributed by atoms with Crippen LogP contribution in [-0.4, -0.2) is 28.5 Å². The number of aliphatic carboxylic acids is 1. The molecule has 2 atom stereocenters. The van der Waals surface area contributed by atoms with E-state index in [-0.39, 0.29) is 28.3 Å². The number of alkyl halides is 3. The molecule has 2 N–H and O–H groups in total. The Morgan fingerprint density at radius 2 is 1.82 bits per heavy atom. The maximum atomic E-state index is 12.2. The van der Waals surface area contributed by atoms with Crippen molar-refractivity contribution in [3.63, 3.8) is 0 Å². The zero-order valence-corrected chi connectivity index (χ0v) is 12.2. The summed E-state index contributed by atoms with van der Waals surface area (Å²) in [5.41, 5.74) is -4.11. The maximum absolute atomic E-state index is 12.2. The van der Waals surface area contributed by atoms with E-state index >= 15 is 0 Å². The summed E-state index contributed by atoms with van der Waals surface area (Å²) < 4.78 is 36.6. The van der Waals surface area contributed by atoms with Gasteiger partial charge in [0.2, 0.25) is 0 Å². The zero-order chi connectivity index (χ0) is 16.3. The summed E-state index contributed by atoms with van der Waals surface area (Å²) in [4.78, 5) is 22.8. The van der Waals surface area contributed by atoms with Crippen molar-refractivity contribution < 1.29 is 27.9 Å². The molecule has 0 bridgehead atoms. The van der Waals surface area contributed by atoms with E-state index in [1.165, 1.54) is 24.3 Å². The fourth-order valence-electron chi connectivity index (χ4n) is 2.41. The van der Waals surface area contributed by atoms with Gasteiger partial charge in [-0.2, -0.15) is 13.2 Å². The minimum Gasteiger partial charge on any atom is -0.481 e. The molecular formula is C14H14F3NO3S. The molecule has 1 aliphatic rings. The van der Waals surface area contributed by atoms with Crippen molar-refractivity contribution in [2.45, 2.75) is 35.7 Å². The van der Waals surface area contributed by atoms with E-state index in [2.05, 4.69) is 5.32 Å². The molecule has 120 valence electrons. The lowest BCUT2D eigenvalue weighted by Crippen LogP contribution is -2.33. The second-order valence-electron chi connectivity index (χ2n) is 5.09. The molecule has 0 aromatic heterocycles. The third-order valence-corrected chi connectivity index (χ3v) is 4.21. The highest BCUT2D eigenvalue weighted by atomic mass is 32.2. The molecule has 0 unspecified atom stereocenters. The molecule has 1 saturated carbocycles. The molecule has 0 heterocycles. The molecule has 1 aromatic rings. The number of hydrogen-bond donors (Lipinski definition) is 2. The van der Waals surface area contributed by atoms with Gasteiger partial charge in [-0.15, -0.1) is 0 Å². The number of benzene rings is 1. The van der Waals surface area contributed by atoms with E-state index in [9.17, 15) is 22.8 Å². The Kier molecular flexibility index (Phi) is 5.00. The number of carbonyl (C=O) groups excluding carboxylic acids is 1. The van der Waals surface area contributed by atoms with Crippen molar-refractivity contribution >= 4 is 23.6 Å². The summed E-state index contributed by atoms with van der Waals surface area (Å²) in [5, 5.41) is 11.6. The number of carboxylic acids is 1. The second-order valence-corrected chi connectivity index (χ2v) is 6.23. The number of rotatable bonds is 4. The molecule has 0 radical (unpaired) electrons. The molecule has 1 aliphatic carbocycles. The van der Waals surface area contributed by atoms with E-state index in [0.29, 0.717) is 19.3 Å². The van der Waals surface area contributed by atoms with E-state index in [0.717, 1.165) is 0 Å². The molecule has 0 spiro atoms. The molecule has 2 rings (SSSR count). The number of amides is 1. The third-order valence-electron chi connectivity index (χ3n) is 3.47. The number of thioether (sulfide) groups is 1. The highest BCUT2D eigenvalue weighted by Gasteiger charge is 2.31. The van der Waals surface area contributed by atoms with Gasteiger partial charge in [0.15, 0.2) is 0 Å². The van der Waals surface area contributed by atoms with Gasteiger partial charge in [-0.3, -0.25) is 9.59 Å². The van der Waals surface area contributed by atoms with E-state index in [1.807, 2.05) is 0 Å². The van der Waals surface area contributed by atoms with Crippen molar-refractivity contribution in [3.05, 3.63) is 29.8 Å². The lowest BCUT2D eigenvalue weighted by molar-refractivity contribution is -0.141. The Hall–Kier alpha value is -1.70. The molecule has 22 heavy (non-hydrogen) atoms. The van der Waals surface area contributed by atoms with E-state index < -0.39 is 23.3 Å². The van der Waals surface area contributed by atoms with Gasteiger partial charge in [-0.1, -0.05) is 0 Å². The topological polar surface area (TPSA) is 66.4 Å². The van der Waals surface area contributed by atoms with Crippen LogP contribution >= 0.6 is 11.8 Å². The fourth-order valence-corrected chi connectivity index (χ4v) is 2.95. The minimum absolute atomic E-state index is 0.0101. The van der Waals surface area contributed by atoms with Crippen molar-refractivity contribution in [2.24, 2.45) is 5.92 Å². The number of halogens is 3. The minimum atomic E-state index is -4.36. The monoisotopic (exact) mass is 333 g/mol. The van der Waals surface area contributed by atoms with Crippen LogP contribution < -0.4 is 5.32 Å². The first-order valence-electron chi connectivity index (χ1n) is 6.64. The SMILES string of the molecule is O=C(N[C@H]1CC[C@@H](C(=O)O)C1)c1ccc(SC(F)(F)F)cc1. The Bertz CT molecular complexity index is 559. The Morgan fingerprint density at radius 1 is 1.18 bits per heavy atom. The number of hydrogen-bond acceptors (Lipinski definition) is 3. The first-order valence-corrected chi connectivity index (χ1v) is 7.46. The summed E-state index contributed by atoms with van der Waals surface area (Å²) in [6, 6.07) is 4.92. The molecule has 1 aromatic carbocycles. The molecule has 0 aliphatic heterocycles. The van der Waals surface area contributed by atoms with Gasteiger partial charge in [0, 0.05) is 16.5 Å². The maximum Gasteiger partial charge on any atom is 0.446 e. The van der Waals surface area contributed by atoms with Crippen molar-refractivity contribution in [1.82, 2.24) is 5.32 Å². The van der Waals surface area contributed by atoms with Crippen molar-refractivity contribution in [1.29, 1.82) is 0 Å². The van der Waals surface area contributed by atoms with E-state index in [4.69, 9.17) is 5.11 Å². The largest absolute Gasteiger partial charge is 0.481 e. The van der Waals surface area contributed by atoms with Crippen LogP contribution in [0.5, 0.6) is 0 Å². The molecule has 1 amide bonds. The van der Waals surface area contributed by atoms with Gasteiger partial charge in [0.1, 0.15) is 0 Å². The highest BCUT2D eigenvalue weighted by molar-refractivity contribution is 8.00. The van der Waals surface area contributed by atoms with Crippen LogP contribution in [0.15, 0.2) is 29.2 Å². The molecule has 1 fully saturated rings. The third kappa shape index (κ3) is 4.66. The summed E-state index contributed by atoms with van der Waals surface area (Å²) in [6.45, 7) is 0. The van der Waals surface area contributed by atoms with Gasteiger partial charge in [-0.25, -0.2) is 0 Å². The summed E-state index contributed by atoms with van der Waals surface area (Å²) in [6.07, 6.45) is 1.48. The van der Waals surface area contributed by atoms with Crippen LogP contribution in [0.25, 0.3) is 0 Å². The predicted octanol–water partition coefficient (Wildman–Crippen LogP) is 3.28. The van der Waals surface area contributed by atoms with Crippen LogP contribution in [0.1, 0.15) is 29.6 Å². The summed E-state index contributed by atoms with van der Waals surface area (Å²) in [5.74, 6) is -1.72. The Morgan fingerprint density at radius 3 is 2.32 bits per heavy atom. The predicted molar refractivity (Wildman–Crippen MR) is 74.6 cm³/mol. The molecule has 8 heteroatoms. The molecule has 4 nitrogen and oxygen atoms in total. The lowest BCUT2D eigenvalue weighted by Gasteiger charge is -2.13. The van der Waals surface area contributed by atoms with Crippen molar-refractivity contribution in [2.75, 3.05) is 0 Å². The Balaban J connectivity index is 1.92. The average Bonchev–Trinajstić information content (AvgIpc) is 2.86. The van der Waals surface area contributed by atoms with Crippen LogP contribution in [0.2, 0.25) is 0 Å². The smallest absolute Gasteiger partial charge is 0.446 e. The highest BCUT2D eigenvalue weighted by Crippen LogP contribution is 2.36. The van der Waals surface area contributed by atoms with Crippen LogP contribution in [-0.2, 0) is 4.79 Å². The molecule has 0 saturated heterocycles. The van der Waals surface area contributed by atoms with Crippen LogP contribution in [0.3, 0.4) is 0 Å². The Labute approximate surface area is 129 Å². The first-order chi connectivity index (χ1) is 10.2. The van der Waals surface area contributed by atoms with Gasteiger partial charge < -0.3 is 10.4 Å². The average molecular weight is 333 g/mol. The number of nitrogens with one attached hydrogen (secondary N) is 1. The van der Waals surface area contributed by atoms with Crippen molar-refractivity contribution in [3.8, 4) is 0 Å². The van der Waals surface area contributed by atoms with Gasteiger partial charge in [-0.05, 0) is 55.3 Å². The fraction of sp³-hybridized carbons (Fsp3) is 0.429. The van der Waals surface area contributed by atoms with Crippen LogP contribution in [0.4, 0.5) is 13.2 Å². The number of carbonyl (C=O) groups is 2. The standard InChI is InChI=1S/C14H14F3NO3S/c15-14(16,17)22-11-5-2-8(3-6-11)12(19)18-10-4-1-9(7-10)13(20)21/h2-3,5-6,9-10H,1,4,7H2,(H,18,19)(H,20,21)/t9-,10+/m1/s1. The molecular weight excluding hydrogens is 319 g/mol. The lowest BCUT2D eigenvalue weighted by atomic mass is 10.1. The zero-order valence-electron chi connectivity index (χ0n) is 11.4. The number of carboxylic acid groups (broad SMARTS) is 1. The van der Waals surface area contributed by atoms with Gasteiger partial charge in [0.25, 0.3) is 5.91 Å². The van der Waals surface area contributed by atoms with Gasteiger partial charge >= 0.3 is 11.5 Å². The normalized spacial score (nSPS) is 21.6. The summed E-state index contributed by atoms with van der Waals surface area (Å²) in [7, 11) is 0. The summed E-state index contributed by atoms with van der Waals surface area (Å²) >= 11 is -0.239.